The SMILES string of the molecule is CCCNc1nc(-c2ccc(F)cc2C)nc(C)c1I. The molecule has 0 aliphatic carbocycles. The van der Waals surface area contributed by atoms with Crippen LogP contribution in [0.2, 0.25) is 0 Å². The van der Waals surface area contributed by atoms with Crippen LogP contribution in [0.3, 0.4) is 0 Å². The topological polar surface area (TPSA) is 37.8 Å². The lowest BCUT2D eigenvalue weighted by Crippen LogP contribution is -2.08. The van der Waals surface area contributed by atoms with Crippen LogP contribution in [0.5, 0.6) is 0 Å². The Hall–Kier alpha value is -1.24. The molecule has 2 rings (SSSR count). The van der Waals surface area contributed by atoms with E-state index in [2.05, 4.69) is 44.8 Å². The van der Waals surface area contributed by atoms with Crippen molar-refractivity contribution in [1.82, 2.24) is 9.97 Å². The summed E-state index contributed by atoms with van der Waals surface area (Å²) < 4.78 is 14.2. The van der Waals surface area contributed by atoms with Crippen molar-refractivity contribution in [3.8, 4) is 11.4 Å². The second kappa shape index (κ2) is 6.47. The summed E-state index contributed by atoms with van der Waals surface area (Å²) in [7, 11) is 0. The summed E-state index contributed by atoms with van der Waals surface area (Å²) in [4.78, 5) is 9.10. The van der Waals surface area contributed by atoms with Gasteiger partial charge in [-0.1, -0.05) is 6.92 Å². The molecule has 0 saturated carbocycles. The average molecular weight is 385 g/mol. The summed E-state index contributed by atoms with van der Waals surface area (Å²) in [6, 6.07) is 4.68. The Labute approximate surface area is 132 Å². The molecule has 20 heavy (non-hydrogen) atoms. The molecule has 5 heteroatoms. The Kier molecular flexibility index (Phi) is 4.91. The molecule has 0 spiro atoms. The van der Waals surface area contributed by atoms with Crippen molar-refractivity contribution in [3.05, 3.63) is 38.8 Å². The number of hydrogen-bond donors (Lipinski definition) is 1. The lowest BCUT2D eigenvalue weighted by atomic mass is 10.1. The molecule has 0 atom stereocenters. The van der Waals surface area contributed by atoms with Crippen LogP contribution >= 0.6 is 22.6 Å². The molecular formula is C15H17FIN3. The number of benzene rings is 1. The number of rotatable bonds is 4. The fourth-order valence-corrected chi connectivity index (χ4v) is 2.35. The predicted octanol–water partition coefficient (Wildman–Crippen LogP) is 4.33. The second-order valence-electron chi connectivity index (χ2n) is 4.68. The first kappa shape index (κ1) is 15.2. The summed E-state index contributed by atoms with van der Waals surface area (Å²) in [5, 5.41) is 3.31. The van der Waals surface area contributed by atoms with E-state index >= 15 is 0 Å². The normalized spacial score (nSPS) is 10.7. The highest BCUT2D eigenvalue weighted by Crippen LogP contribution is 2.26. The lowest BCUT2D eigenvalue weighted by Gasteiger charge is -2.12. The molecule has 0 aliphatic rings. The summed E-state index contributed by atoms with van der Waals surface area (Å²) in [6.45, 7) is 6.81. The Morgan fingerprint density at radius 2 is 2.00 bits per heavy atom. The van der Waals surface area contributed by atoms with Crippen molar-refractivity contribution in [2.75, 3.05) is 11.9 Å². The zero-order valence-corrected chi connectivity index (χ0v) is 14.0. The molecule has 0 unspecified atom stereocenters. The number of nitrogens with one attached hydrogen (secondary N) is 1. The fourth-order valence-electron chi connectivity index (χ4n) is 1.92. The first-order valence-corrected chi connectivity index (χ1v) is 7.65. The third-order valence-electron chi connectivity index (χ3n) is 2.99. The summed E-state index contributed by atoms with van der Waals surface area (Å²) in [5.74, 6) is 1.25. The fraction of sp³-hybridized carbons (Fsp3) is 0.333. The minimum absolute atomic E-state index is 0.238. The lowest BCUT2D eigenvalue weighted by molar-refractivity contribution is 0.627. The Morgan fingerprint density at radius 1 is 1.25 bits per heavy atom. The molecule has 1 aromatic carbocycles. The van der Waals surface area contributed by atoms with Gasteiger partial charge >= 0.3 is 0 Å². The largest absolute Gasteiger partial charge is 0.369 e. The zero-order chi connectivity index (χ0) is 14.7. The molecule has 1 heterocycles. The van der Waals surface area contributed by atoms with Gasteiger partial charge in [-0.3, -0.25) is 0 Å². The molecule has 106 valence electrons. The van der Waals surface area contributed by atoms with Crippen molar-refractivity contribution in [2.24, 2.45) is 0 Å². The van der Waals surface area contributed by atoms with Crippen LogP contribution in [0, 0.1) is 23.2 Å². The highest BCUT2D eigenvalue weighted by molar-refractivity contribution is 14.1. The van der Waals surface area contributed by atoms with E-state index < -0.39 is 0 Å². The standard InChI is InChI=1S/C15H17FIN3/c1-4-7-18-15-13(17)10(3)19-14(20-15)12-6-5-11(16)8-9(12)2/h5-6,8H,4,7H2,1-3H3,(H,18,19,20). The van der Waals surface area contributed by atoms with Crippen LogP contribution in [0.1, 0.15) is 24.6 Å². The summed E-state index contributed by atoms with van der Waals surface area (Å²) >= 11 is 2.25. The van der Waals surface area contributed by atoms with E-state index in [-0.39, 0.29) is 5.82 Å². The smallest absolute Gasteiger partial charge is 0.162 e. The van der Waals surface area contributed by atoms with Crippen molar-refractivity contribution < 1.29 is 4.39 Å². The van der Waals surface area contributed by atoms with Gasteiger partial charge in [0.15, 0.2) is 5.82 Å². The van der Waals surface area contributed by atoms with Crippen LogP contribution in [-0.4, -0.2) is 16.5 Å². The van der Waals surface area contributed by atoms with Gasteiger partial charge in [0.2, 0.25) is 0 Å². The molecular weight excluding hydrogens is 368 g/mol. The minimum atomic E-state index is -0.238. The van der Waals surface area contributed by atoms with E-state index in [9.17, 15) is 4.39 Å². The Bertz CT molecular complexity index is 629. The Morgan fingerprint density at radius 3 is 2.65 bits per heavy atom. The van der Waals surface area contributed by atoms with Gasteiger partial charge in [0.25, 0.3) is 0 Å². The Balaban J connectivity index is 2.48. The molecule has 1 N–H and O–H groups in total. The maximum absolute atomic E-state index is 13.2. The van der Waals surface area contributed by atoms with Crippen LogP contribution in [0.25, 0.3) is 11.4 Å². The van der Waals surface area contributed by atoms with E-state index in [1.165, 1.54) is 12.1 Å². The minimum Gasteiger partial charge on any atom is -0.369 e. The third kappa shape index (κ3) is 3.26. The first-order chi connectivity index (χ1) is 9.52. The predicted molar refractivity (Wildman–Crippen MR) is 88.4 cm³/mol. The van der Waals surface area contributed by atoms with Crippen molar-refractivity contribution in [1.29, 1.82) is 0 Å². The van der Waals surface area contributed by atoms with Gasteiger partial charge in [0, 0.05) is 12.1 Å². The van der Waals surface area contributed by atoms with E-state index in [1.54, 1.807) is 6.07 Å². The number of hydrogen-bond acceptors (Lipinski definition) is 3. The second-order valence-corrected chi connectivity index (χ2v) is 5.76. The number of nitrogens with zero attached hydrogens (tertiary/aromatic N) is 2. The molecule has 1 aromatic heterocycles. The van der Waals surface area contributed by atoms with Gasteiger partial charge in [0.1, 0.15) is 11.6 Å². The van der Waals surface area contributed by atoms with Crippen molar-refractivity contribution in [2.45, 2.75) is 27.2 Å². The maximum atomic E-state index is 13.2. The van der Waals surface area contributed by atoms with E-state index in [4.69, 9.17) is 0 Å². The van der Waals surface area contributed by atoms with Crippen molar-refractivity contribution >= 4 is 28.4 Å². The number of anilines is 1. The van der Waals surface area contributed by atoms with E-state index in [1.807, 2.05) is 13.8 Å². The van der Waals surface area contributed by atoms with Crippen LogP contribution in [-0.2, 0) is 0 Å². The third-order valence-corrected chi connectivity index (χ3v) is 4.28. The molecule has 0 saturated heterocycles. The number of aromatic nitrogens is 2. The molecule has 2 aromatic rings. The van der Waals surface area contributed by atoms with Gasteiger partial charge in [0.05, 0.1) is 9.26 Å². The van der Waals surface area contributed by atoms with Gasteiger partial charge in [-0.25, -0.2) is 14.4 Å². The quantitative estimate of drug-likeness (QED) is 0.797. The maximum Gasteiger partial charge on any atom is 0.162 e. The molecule has 3 nitrogen and oxygen atoms in total. The van der Waals surface area contributed by atoms with Crippen LogP contribution < -0.4 is 5.32 Å². The van der Waals surface area contributed by atoms with Crippen LogP contribution in [0.4, 0.5) is 10.2 Å². The zero-order valence-electron chi connectivity index (χ0n) is 11.8. The number of halogens is 2. The summed E-state index contributed by atoms with van der Waals surface area (Å²) in [6.07, 6.45) is 1.03. The first-order valence-electron chi connectivity index (χ1n) is 6.57. The van der Waals surface area contributed by atoms with Gasteiger partial charge in [-0.2, -0.15) is 0 Å². The molecule has 0 amide bonds. The molecule has 0 fully saturated rings. The summed E-state index contributed by atoms with van der Waals surface area (Å²) in [5.41, 5.74) is 2.63. The average Bonchev–Trinajstić information content (AvgIpc) is 2.40. The van der Waals surface area contributed by atoms with E-state index in [0.717, 1.165) is 39.2 Å². The highest BCUT2D eigenvalue weighted by atomic mass is 127. The van der Waals surface area contributed by atoms with Gasteiger partial charge in [-0.05, 0) is 66.6 Å². The molecule has 0 aliphatic heterocycles. The van der Waals surface area contributed by atoms with Crippen molar-refractivity contribution in [3.63, 3.8) is 0 Å². The van der Waals surface area contributed by atoms with Gasteiger partial charge in [-0.15, -0.1) is 0 Å². The molecule has 0 radical (unpaired) electrons. The monoisotopic (exact) mass is 385 g/mol. The van der Waals surface area contributed by atoms with E-state index in [0.29, 0.717) is 5.82 Å². The number of aryl methyl sites for hydroxylation is 2. The van der Waals surface area contributed by atoms with Crippen LogP contribution in [0.15, 0.2) is 18.2 Å². The van der Waals surface area contributed by atoms with Gasteiger partial charge < -0.3 is 5.32 Å². The molecule has 0 bridgehead atoms. The highest BCUT2D eigenvalue weighted by Gasteiger charge is 2.12.